The Morgan fingerprint density at radius 3 is 2.50 bits per heavy atom. The van der Waals surface area contributed by atoms with Gasteiger partial charge in [0, 0.05) is 42.1 Å². The minimum Gasteiger partial charge on any atom is -0.480 e. The van der Waals surface area contributed by atoms with Crippen molar-refractivity contribution in [2.75, 3.05) is 49.2 Å². The normalized spacial score (nSPS) is 24.0. The second kappa shape index (κ2) is 6.68. The molecule has 2 saturated heterocycles. The molecule has 0 bridgehead atoms. The molecule has 0 spiro atoms. The first kappa shape index (κ1) is 14.0. The molecule has 102 valence electrons. The number of thioether (sulfide) groups is 2. The van der Waals surface area contributed by atoms with Gasteiger partial charge >= 0.3 is 5.97 Å². The molecule has 2 fully saturated rings. The van der Waals surface area contributed by atoms with Crippen LogP contribution in [0.15, 0.2) is 0 Å². The Bertz CT molecular complexity index is 319. The van der Waals surface area contributed by atoms with Crippen molar-refractivity contribution in [3.8, 4) is 0 Å². The lowest BCUT2D eigenvalue weighted by Gasteiger charge is -2.37. The van der Waals surface area contributed by atoms with E-state index < -0.39 is 5.97 Å². The Balaban J connectivity index is 1.86. The second-order valence-electron chi connectivity index (χ2n) is 4.48. The number of rotatable bonds is 3. The zero-order chi connectivity index (χ0) is 13.0. The average molecular weight is 290 g/mol. The van der Waals surface area contributed by atoms with Crippen molar-refractivity contribution in [2.24, 2.45) is 0 Å². The van der Waals surface area contributed by atoms with E-state index in [1.165, 1.54) is 16.4 Å². The number of amides is 1. The van der Waals surface area contributed by atoms with Crippen LogP contribution in [0.25, 0.3) is 0 Å². The summed E-state index contributed by atoms with van der Waals surface area (Å²) < 4.78 is 0. The van der Waals surface area contributed by atoms with Crippen LogP contribution in [0, 0.1) is 0 Å². The fourth-order valence-corrected chi connectivity index (χ4v) is 4.81. The van der Waals surface area contributed by atoms with E-state index in [2.05, 4.69) is 4.90 Å². The van der Waals surface area contributed by atoms with Gasteiger partial charge in [0.2, 0.25) is 5.91 Å². The maximum absolute atomic E-state index is 11.9. The summed E-state index contributed by atoms with van der Waals surface area (Å²) in [6.45, 7) is 1.54. The molecule has 7 heteroatoms. The van der Waals surface area contributed by atoms with Gasteiger partial charge in [-0.25, -0.2) is 0 Å². The number of hydrogen-bond acceptors (Lipinski definition) is 5. The number of carboxylic acid groups (broad SMARTS) is 1. The molecule has 0 aromatic carbocycles. The van der Waals surface area contributed by atoms with E-state index >= 15 is 0 Å². The smallest absolute Gasteiger partial charge is 0.323 e. The van der Waals surface area contributed by atoms with Crippen LogP contribution in [0.4, 0.5) is 0 Å². The van der Waals surface area contributed by atoms with Gasteiger partial charge in [0.1, 0.15) is 6.54 Å². The van der Waals surface area contributed by atoms with Gasteiger partial charge in [-0.3, -0.25) is 14.5 Å². The lowest BCUT2D eigenvalue weighted by molar-refractivity contribution is -0.147. The Hall–Kier alpha value is -0.400. The molecule has 0 aliphatic carbocycles. The van der Waals surface area contributed by atoms with Gasteiger partial charge in [-0.2, -0.15) is 23.5 Å². The molecule has 2 heterocycles. The molecule has 2 rings (SSSR count). The molecule has 0 saturated carbocycles. The van der Waals surface area contributed by atoms with Gasteiger partial charge < -0.3 is 10.0 Å². The van der Waals surface area contributed by atoms with Gasteiger partial charge in [0.15, 0.2) is 0 Å². The third kappa shape index (κ3) is 3.80. The molecule has 1 amide bonds. The van der Waals surface area contributed by atoms with E-state index in [9.17, 15) is 9.59 Å². The van der Waals surface area contributed by atoms with Crippen LogP contribution in [0.5, 0.6) is 0 Å². The van der Waals surface area contributed by atoms with Crippen molar-refractivity contribution in [3.63, 3.8) is 0 Å². The van der Waals surface area contributed by atoms with E-state index in [0.29, 0.717) is 19.1 Å². The number of carbonyl (C=O) groups is 2. The Morgan fingerprint density at radius 1 is 1.28 bits per heavy atom. The lowest BCUT2D eigenvalue weighted by atomic mass is 10.2. The van der Waals surface area contributed by atoms with Crippen molar-refractivity contribution in [1.29, 1.82) is 0 Å². The summed E-state index contributed by atoms with van der Waals surface area (Å²) in [4.78, 5) is 26.2. The van der Waals surface area contributed by atoms with Crippen LogP contribution in [-0.2, 0) is 9.59 Å². The van der Waals surface area contributed by atoms with Crippen LogP contribution >= 0.6 is 23.5 Å². The van der Waals surface area contributed by atoms with E-state index in [0.717, 1.165) is 18.1 Å². The predicted molar refractivity (Wildman–Crippen MR) is 74.2 cm³/mol. The molecule has 1 N–H and O–H groups in total. The van der Waals surface area contributed by atoms with Crippen LogP contribution < -0.4 is 0 Å². The monoisotopic (exact) mass is 290 g/mol. The number of piperazine rings is 1. The highest BCUT2D eigenvalue weighted by atomic mass is 32.2. The maximum Gasteiger partial charge on any atom is 0.323 e. The molecular weight excluding hydrogens is 272 g/mol. The van der Waals surface area contributed by atoms with Crippen LogP contribution in [0.3, 0.4) is 0 Å². The molecular formula is C11H18N2O3S2. The molecule has 0 aromatic heterocycles. The SMILES string of the molecule is O=C(O)CN1CCN(C2CSCCSC2)CC1=O. The fourth-order valence-electron chi connectivity index (χ4n) is 2.18. The Kier molecular flexibility index (Phi) is 5.20. The standard InChI is InChI=1S/C11H18N2O3S2/c14-10-5-12(1-2-13(10)6-11(15)16)9-7-17-3-4-18-8-9/h9H,1-8H2,(H,15,16). The predicted octanol–water partition coefficient (Wildman–Crippen LogP) is 0.0638. The van der Waals surface area contributed by atoms with Gasteiger partial charge in [0.05, 0.1) is 6.54 Å². The van der Waals surface area contributed by atoms with Crippen LogP contribution in [-0.4, -0.2) is 82.0 Å². The van der Waals surface area contributed by atoms with Crippen molar-refractivity contribution in [3.05, 3.63) is 0 Å². The molecule has 18 heavy (non-hydrogen) atoms. The molecule has 0 unspecified atom stereocenters. The summed E-state index contributed by atoms with van der Waals surface area (Å²) in [5, 5.41) is 8.72. The van der Waals surface area contributed by atoms with Gasteiger partial charge in [0.25, 0.3) is 0 Å². The van der Waals surface area contributed by atoms with Gasteiger partial charge in [-0.05, 0) is 0 Å². The summed E-state index contributed by atoms with van der Waals surface area (Å²) in [7, 11) is 0. The average Bonchev–Trinajstić information content (AvgIpc) is 2.60. The summed E-state index contributed by atoms with van der Waals surface area (Å²) in [6.07, 6.45) is 0. The first-order valence-corrected chi connectivity index (χ1v) is 8.37. The third-order valence-corrected chi connectivity index (χ3v) is 5.67. The highest BCUT2D eigenvalue weighted by Gasteiger charge is 2.30. The first-order valence-electron chi connectivity index (χ1n) is 6.06. The molecule has 5 nitrogen and oxygen atoms in total. The molecule has 2 aliphatic heterocycles. The van der Waals surface area contributed by atoms with Crippen molar-refractivity contribution < 1.29 is 14.7 Å². The number of carbonyl (C=O) groups excluding carboxylic acids is 1. The largest absolute Gasteiger partial charge is 0.480 e. The van der Waals surface area contributed by atoms with Crippen LogP contribution in [0.1, 0.15) is 0 Å². The number of nitrogens with zero attached hydrogens (tertiary/aromatic N) is 2. The summed E-state index contributed by atoms with van der Waals surface area (Å²) in [5.74, 6) is 3.56. The maximum atomic E-state index is 11.9. The van der Waals surface area contributed by atoms with E-state index in [1.807, 2.05) is 23.5 Å². The molecule has 2 aliphatic rings. The zero-order valence-corrected chi connectivity index (χ0v) is 11.8. The Labute approximate surface area is 115 Å². The molecule has 0 atom stereocenters. The Morgan fingerprint density at radius 2 is 1.94 bits per heavy atom. The number of carboxylic acids is 1. The lowest BCUT2D eigenvalue weighted by Crippen LogP contribution is -2.55. The van der Waals surface area contributed by atoms with E-state index in [-0.39, 0.29) is 12.5 Å². The van der Waals surface area contributed by atoms with E-state index in [1.54, 1.807) is 0 Å². The highest BCUT2D eigenvalue weighted by Crippen LogP contribution is 2.21. The highest BCUT2D eigenvalue weighted by molar-refractivity contribution is 8.03. The topological polar surface area (TPSA) is 60.9 Å². The quantitative estimate of drug-likeness (QED) is 0.793. The summed E-state index contributed by atoms with van der Waals surface area (Å²) in [5.41, 5.74) is 0. The number of hydrogen-bond donors (Lipinski definition) is 1. The van der Waals surface area contributed by atoms with Crippen molar-refractivity contribution in [2.45, 2.75) is 6.04 Å². The molecule has 0 radical (unpaired) electrons. The fraction of sp³-hybridized carbons (Fsp3) is 0.818. The van der Waals surface area contributed by atoms with Crippen LogP contribution in [0.2, 0.25) is 0 Å². The second-order valence-corrected chi connectivity index (χ2v) is 6.78. The summed E-state index contributed by atoms with van der Waals surface area (Å²) >= 11 is 3.90. The van der Waals surface area contributed by atoms with E-state index in [4.69, 9.17) is 5.11 Å². The minimum atomic E-state index is -0.933. The minimum absolute atomic E-state index is 0.0529. The molecule has 0 aromatic rings. The summed E-state index contributed by atoms with van der Waals surface area (Å²) in [6, 6.07) is 0.457. The van der Waals surface area contributed by atoms with Crippen molar-refractivity contribution >= 4 is 35.4 Å². The zero-order valence-electron chi connectivity index (χ0n) is 10.2. The van der Waals surface area contributed by atoms with Crippen molar-refractivity contribution in [1.82, 2.24) is 9.80 Å². The first-order chi connectivity index (χ1) is 8.66. The van der Waals surface area contributed by atoms with Gasteiger partial charge in [-0.15, -0.1) is 0 Å². The number of aliphatic carboxylic acids is 1. The van der Waals surface area contributed by atoms with Gasteiger partial charge in [-0.1, -0.05) is 0 Å². The third-order valence-electron chi connectivity index (χ3n) is 3.18.